The van der Waals surface area contributed by atoms with Gasteiger partial charge in [-0.3, -0.25) is 19.2 Å². The minimum atomic E-state index is -3.52. The lowest BCUT2D eigenvalue weighted by molar-refractivity contribution is -0.144. The molecule has 3 saturated carbocycles. The molecule has 1 saturated heterocycles. The molecule has 6 atom stereocenters. The summed E-state index contributed by atoms with van der Waals surface area (Å²) in [6.45, 7) is 9.95. The van der Waals surface area contributed by atoms with Crippen molar-refractivity contribution in [2.45, 2.75) is 108 Å². The first-order chi connectivity index (χ1) is 21.3. The number of rotatable bonds is 12. The van der Waals surface area contributed by atoms with Crippen LogP contribution < -0.4 is 21.7 Å². The third-order valence-electron chi connectivity index (χ3n) is 10.6. The van der Waals surface area contributed by atoms with Crippen LogP contribution in [0.4, 0.5) is 4.79 Å². The topological polar surface area (TPSA) is 185 Å². The van der Waals surface area contributed by atoms with Crippen molar-refractivity contribution in [2.75, 3.05) is 12.3 Å². The zero-order valence-electron chi connectivity index (χ0n) is 27.5. The molecule has 5 unspecified atom stereocenters. The van der Waals surface area contributed by atoms with E-state index in [1.807, 2.05) is 32.9 Å². The predicted molar refractivity (Wildman–Crippen MR) is 172 cm³/mol. The number of nitrogens with two attached hydrogens (primary N) is 1. The molecule has 0 aromatic rings. The molecule has 12 nitrogen and oxygen atoms in total. The molecule has 46 heavy (non-hydrogen) atoms. The highest BCUT2D eigenvalue weighted by atomic mass is 32.2. The monoisotopic (exact) mass is 659 g/mol. The highest BCUT2D eigenvalue weighted by Crippen LogP contribution is 2.57. The summed E-state index contributed by atoms with van der Waals surface area (Å²) in [4.78, 5) is 67.6. The van der Waals surface area contributed by atoms with Crippen LogP contribution in [-0.4, -0.2) is 84.1 Å². The molecule has 5 rings (SSSR count). The summed E-state index contributed by atoms with van der Waals surface area (Å²) in [6.07, 6.45) is 11.3. The van der Waals surface area contributed by atoms with E-state index in [9.17, 15) is 32.4 Å². The quantitative estimate of drug-likeness (QED) is 0.230. The molecular formula is C33H49N5O7S. The molecule has 5 amide bonds. The number of Topliss-reactive ketones (excluding diaryl/α,β-unsaturated/α-hetero) is 1. The van der Waals surface area contributed by atoms with Crippen molar-refractivity contribution >= 4 is 39.4 Å². The SMILES string of the molecule is CC1(C)CC2C(C(=O)NC(CC3CC3)C(=O)C(N)=O)N(C(=O)[C@@H](NC(=O)NC3(CS(=O)(=O)C4C=CC=CC4)CC3)C(C)(C)C)CC21. The second kappa shape index (κ2) is 12.1. The number of hydrogen-bond acceptors (Lipinski definition) is 7. The van der Waals surface area contributed by atoms with Gasteiger partial charge in [-0.2, -0.15) is 0 Å². The molecule has 0 spiro atoms. The van der Waals surface area contributed by atoms with E-state index < -0.39 is 73.7 Å². The summed E-state index contributed by atoms with van der Waals surface area (Å²) in [5, 5.41) is 7.81. The number of nitrogens with one attached hydrogen (secondary N) is 3. The van der Waals surface area contributed by atoms with Gasteiger partial charge in [-0.15, -0.1) is 0 Å². The number of carbonyl (C=O) groups excluding carboxylic acids is 5. The van der Waals surface area contributed by atoms with Gasteiger partial charge in [0.05, 0.1) is 22.6 Å². The number of nitrogens with zero attached hydrogens (tertiary/aromatic N) is 1. The smallest absolute Gasteiger partial charge is 0.315 e. The first kappa shape index (κ1) is 34.1. The van der Waals surface area contributed by atoms with Crippen molar-refractivity contribution in [1.29, 1.82) is 0 Å². The Kier molecular flexibility index (Phi) is 8.98. The zero-order valence-corrected chi connectivity index (χ0v) is 28.3. The molecule has 0 aromatic heterocycles. The predicted octanol–water partition coefficient (Wildman–Crippen LogP) is 1.74. The van der Waals surface area contributed by atoms with Gasteiger partial charge in [0.15, 0.2) is 9.84 Å². The van der Waals surface area contributed by atoms with Crippen LogP contribution in [0, 0.1) is 28.6 Å². The van der Waals surface area contributed by atoms with Gasteiger partial charge in [-0.05, 0) is 60.7 Å². The van der Waals surface area contributed by atoms with E-state index in [0.29, 0.717) is 38.6 Å². The molecule has 254 valence electrons. The number of carbonyl (C=O) groups is 5. The number of ketones is 1. The van der Waals surface area contributed by atoms with E-state index >= 15 is 0 Å². The lowest BCUT2D eigenvalue weighted by atomic mass is 9.55. The molecule has 0 aromatic carbocycles. The number of urea groups is 1. The maximum atomic E-state index is 14.4. The van der Waals surface area contributed by atoms with Gasteiger partial charge in [0.1, 0.15) is 12.1 Å². The largest absolute Gasteiger partial charge is 0.363 e. The van der Waals surface area contributed by atoms with Crippen molar-refractivity contribution in [3.8, 4) is 0 Å². The Bertz CT molecular complexity index is 1450. The van der Waals surface area contributed by atoms with Crippen LogP contribution in [0.5, 0.6) is 0 Å². The van der Waals surface area contributed by atoms with Crippen LogP contribution in [0.1, 0.15) is 79.6 Å². The second-order valence-electron chi connectivity index (χ2n) is 15.9. The number of likely N-dealkylation sites (tertiary alicyclic amines) is 1. The molecule has 5 aliphatic rings. The lowest BCUT2D eigenvalue weighted by Gasteiger charge is -2.48. The Balaban J connectivity index is 1.31. The third kappa shape index (κ3) is 7.18. The minimum absolute atomic E-state index is 0.0407. The highest BCUT2D eigenvalue weighted by Gasteiger charge is 2.61. The van der Waals surface area contributed by atoms with Crippen LogP contribution >= 0.6 is 0 Å². The fourth-order valence-corrected chi connectivity index (χ4v) is 9.58. The van der Waals surface area contributed by atoms with Crippen molar-refractivity contribution in [3.05, 3.63) is 24.3 Å². The van der Waals surface area contributed by atoms with Crippen LogP contribution in [0.15, 0.2) is 24.3 Å². The number of primary amides is 1. The van der Waals surface area contributed by atoms with E-state index in [1.165, 1.54) is 4.90 Å². The Labute approximate surface area is 271 Å². The molecule has 1 aliphatic heterocycles. The van der Waals surface area contributed by atoms with Gasteiger partial charge < -0.3 is 26.6 Å². The molecule has 0 bridgehead atoms. The summed E-state index contributed by atoms with van der Waals surface area (Å²) in [7, 11) is -3.52. The van der Waals surface area contributed by atoms with Crippen molar-refractivity contribution < 1.29 is 32.4 Å². The Morgan fingerprint density at radius 2 is 1.72 bits per heavy atom. The lowest BCUT2D eigenvalue weighted by Crippen LogP contribution is -2.61. The highest BCUT2D eigenvalue weighted by molar-refractivity contribution is 7.92. The minimum Gasteiger partial charge on any atom is -0.363 e. The van der Waals surface area contributed by atoms with E-state index in [1.54, 1.807) is 12.2 Å². The Morgan fingerprint density at radius 1 is 1.04 bits per heavy atom. The summed E-state index contributed by atoms with van der Waals surface area (Å²) in [5.41, 5.74) is 3.54. The van der Waals surface area contributed by atoms with Crippen LogP contribution in [0.3, 0.4) is 0 Å². The van der Waals surface area contributed by atoms with Gasteiger partial charge in [0.2, 0.25) is 17.6 Å². The Morgan fingerprint density at radius 3 is 2.24 bits per heavy atom. The average molecular weight is 660 g/mol. The zero-order chi connectivity index (χ0) is 33.8. The summed E-state index contributed by atoms with van der Waals surface area (Å²) >= 11 is 0. The summed E-state index contributed by atoms with van der Waals surface area (Å²) < 4.78 is 26.2. The first-order valence-electron chi connectivity index (χ1n) is 16.4. The summed E-state index contributed by atoms with van der Waals surface area (Å²) in [6, 6.07) is -3.59. The Hall–Kier alpha value is -3.22. The molecule has 4 aliphatic carbocycles. The molecule has 4 fully saturated rings. The molecule has 1 heterocycles. The standard InChI is InChI=1S/C33H49N5O7S/c1-31(2,3)26(36-30(43)37-33(13-14-33)18-46(44,45)20-9-7-6-8-10-20)29(42)38-17-22-21(16-32(22,4)5)24(38)28(41)35-23(15-19-11-12-19)25(39)27(34)40/h6-9,19-24,26H,10-18H2,1-5H3,(H2,34,40)(H,35,41)(H2,36,37,43)/t20?,21?,22?,23?,24?,26-/m1/s1. The van der Waals surface area contributed by atoms with Crippen LogP contribution in [-0.2, 0) is 29.0 Å². The van der Waals surface area contributed by atoms with Crippen LogP contribution in [0.2, 0.25) is 0 Å². The number of hydrogen-bond donors (Lipinski definition) is 4. The first-order valence-corrected chi connectivity index (χ1v) is 18.1. The van der Waals surface area contributed by atoms with Crippen molar-refractivity contribution in [2.24, 2.45) is 34.3 Å². The van der Waals surface area contributed by atoms with Gasteiger partial charge in [0.25, 0.3) is 5.91 Å². The van der Waals surface area contributed by atoms with E-state index in [2.05, 4.69) is 29.8 Å². The maximum absolute atomic E-state index is 14.4. The van der Waals surface area contributed by atoms with Crippen molar-refractivity contribution in [1.82, 2.24) is 20.9 Å². The van der Waals surface area contributed by atoms with Gasteiger partial charge >= 0.3 is 6.03 Å². The molecule has 0 radical (unpaired) electrons. The average Bonchev–Trinajstić information content (AvgIpc) is 3.89. The van der Waals surface area contributed by atoms with Crippen molar-refractivity contribution in [3.63, 3.8) is 0 Å². The number of fused-ring (bicyclic) bond motifs is 1. The fraction of sp³-hybridized carbons (Fsp3) is 0.727. The number of amides is 5. The normalized spacial score (nSPS) is 28.7. The number of allylic oxidation sites excluding steroid dienone is 3. The van der Waals surface area contributed by atoms with E-state index in [0.717, 1.165) is 12.8 Å². The summed E-state index contributed by atoms with van der Waals surface area (Å²) in [5.74, 6) is -2.93. The van der Waals surface area contributed by atoms with E-state index in [-0.39, 0.29) is 28.9 Å². The van der Waals surface area contributed by atoms with E-state index in [4.69, 9.17) is 5.73 Å². The second-order valence-corrected chi connectivity index (χ2v) is 18.2. The van der Waals surface area contributed by atoms with Gasteiger partial charge in [-0.25, -0.2) is 13.2 Å². The maximum Gasteiger partial charge on any atom is 0.315 e. The molecule has 5 N–H and O–H groups in total. The molecular weight excluding hydrogens is 610 g/mol. The molecule has 13 heteroatoms. The third-order valence-corrected chi connectivity index (χ3v) is 12.8. The van der Waals surface area contributed by atoms with Gasteiger partial charge in [-0.1, -0.05) is 71.8 Å². The fourth-order valence-electron chi connectivity index (χ4n) is 7.50. The van der Waals surface area contributed by atoms with Gasteiger partial charge in [0, 0.05) is 6.54 Å². The number of sulfone groups is 1. The van der Waals surface area contributed by atoms with Crippen LogP contribution in [0.25, 0.3) is 0 Å².